The van der Waals surface area contributed by atoms with Gasteiger partial charge in [0.15, 0.2) is 11.9 Å². The molecule has 0 saturated heterocycles. The van der Waals surface area contributed by atoms with Crippen molar-refractivity contribution in [1.29, 1.82) is 0 Å². The van der Waals surface area contributed by atoms with E-state index in [0.717, 1.165) is 32.1 Å². The van der Waals surface area contributed by atoms with Crippen molar-refractivity contribution in [2.75, 3.05) is 6.61 Å². The SMILES string of the molecule is CCCCCOc1ccc(C(=O)CCC(=O)OC(C)C(=O)NC(=O)NC2CC2)cc1. The van der Waals surface area contributed by atoms with Crippen LogP contribution in [-0.4, -0.2) is 42.4 Å². The summed E-state index contributed by atoms with van der Waals surface area (Å²) in [6.45, 7) is 4.14. The first kappa shape index (κ1) is 23.4. The third-order valence-electron chi connectivity index (χ3n) is 4.58. The normalized spacial score (nSPS) is 13.8. The fourth-order valence-electron chi connectivity index (χ4n) is 2.61. The summed E-state index contributed by atoms with van der Waals surface area (Å²) < 4.78 is 10.6. The summed E-state index contributed by atoms with van der Waals surface area (Å²) in [6.07, 6.45) is 3.71. The van der Waals surface area contributed by atoms with Crippen molar-refractivity contribution in [3.05, 3.63) is 29.8 Å². The molecule has 30 heavy (non-hydrogen) atoms. The molecule has 164 valence electrons. The highest BCUT2D eigenvalue weighted by molar-refractivity contribution is 5.99. The predicted molar refractivity (Wildman–Crippen MR) is 110 cm³/mol. The number of carbonyl (C=O) groups excluding carboxylic acids is 4. The van der Waals surface area contributed by atoms with Crippen LogP contribution in [0, 0.1) is 0 Å². The van der Waals surface area contributed by atoms with Crippen LogP contribution in [0.15, 0.2) is 24.3 Å². The molecule has 2 N–H and O–H groups in total. The van der Waals surface area contributed by atoms with E-state index in [0.29, 0.717) is 17.9 Å². The number of hydrogen-bond acceptors (Lipinski definition) is 6. The van der Waals surface area contributed by atoms with Gasteiger partial charge in [-0.1, -0.05) is 19.8 Å². The summed E-state index contributed by atoms with van der Waals surface area (Å²) in [5, 5.41) is 4.74. The van der Waals surface area contributed by atoms with Crippen molar-refractivity contribution in [3.8, 4) is 5.75 Å². The number of carbonyl (C=O) groups is 4. The molecule has 0 aliphatic heterocycles. The minimum atomic E-state index is -1.12. The molecule has 1 fully saturated rings. The average molecular weight is 418 g/mol. The zero-order valence-electron chi connectivity index (χ0n) is 17.6. The largest absolute Gasteiger partial charge is 0.494 e. The third-order valence-corrected chi connectivity index (χ3v) is 4.58. The second kappa shape index (κ2) is 11.9. The first-order valence-electron chi connectivity index (χ1n) is 10.5. The monoisotopic (exact) mass is 418 g/mol. The molecule has 0 bridgehead atoms. The lowest BCUT2D eigenvalue weighted by atomic mass is 10.1. The Morgan fingerprint density at radius 2 is 1.77 bits per heavy atom. The molecule has 3 amide bonds. The maximum absolute atomic E-state index is 12.3. The van der Waals surface area contributed by atoms with Crippen LogP contribution in [0.3, 0.4) is 0 Å². The highest BCUT2D eigenvalue weighted by Crippen LogP contribution is 2.18. The van der Waals surface area contributed by atoms with Gasteiger partial charge >= 0.3 is 12.0 Å². The van der Waals surface area contributed by atoms with Gasteiger partial charge in [0.05, 0.1) is 13.0 Å². The van der Waals surface area contributed by atoms with E-state index in [4.69, 9.17) is 9.47 Å². The number of unbranched alkanes of at least 4 members (excludes halogenated alkanes) is 2. The van der Waals surface area contributed by atoms with Gasteiger partial charge in [0.1, 0.15) is 5.75 Å². The lowest BCUT2D eigenvalue weighted by molar-refractivity contribution is -0.154. The zero-order valence-corrected chi connectivity index (χ0v) is 17.6. The smallest absolute Gasteiger partial charge is 0.321 e. The third kappa shape index (κ3) is 8.63. The van der Waals surface area contributed by atoms with Gasteiger partial charge in [0, 0.05) is 18.0 Å². The molecule has 1 saturated carbocycles. The molecule has 0 spiro atoms. The molecule has 1 aliphatic carbocycles. The lowest BCUT2D eigenvalue weighted by Gasteiger charge is -2.13. The number of hydrogen-bond donors (Lipinski definition) is 2. The molecular formula is C22H30N2O6. The van der Waals surface area contributed by atoms with E-state index in [9.17, 15) is 19.2 Å². The minimum absolute atomic E-state index is 0.0357. The van der Waals surface area contributed by atoms with Gasteiger partial charge in [-0.2, -0.15) is 0 Å². The van der Waals surface area contributed by atoms with E-state index in [-0.39, 0.29) is 24.7 Å². The van der Waals surface area contributed by atoms with E-state index in [1.165, 1.54) is 6.92 Å². The topological polar surface area (TPSA) is 111 Å². The Kier molecular flexibility index (Phi) is 9.31. The zero-order chi connectivity index (χ0) is 21.9. The molecule has 1 aromatic carbocycles. The molecule has 2 rings (SSSR count). The number of ether oxygens (including phenoxy) is 2. The van der Waals surface area contributed by atoms with Gasteiger partial charge in [-0.15, -0.1) is 0 Å². The second-order valence-electron chi connectivity index (χ2n) is 7.37. The average Bonchev–Trinajstić information content (AvgIpc) is 3.53. The van der Waals surface area contributed by atoms with Crippen LogP contribution in [0.5, 0.6) is 5.75 Å². The minimum Gasteiger partial charge on any atom is -0.494 e. The highest BCUT2D eigenvalue weighted by Gasteiger charge is 2.26. The van der Waals surface area contributed by atoms with Gasteiger partial charge in [-0.05, 0) is 50.5 Å². The van der Waals surface area contributed by atoms with Gasteiger partial charge in [0.25, 0.3) is 5.91 Å². The van der Waals surface area contributed by atoms with E-state index >= 15 is 0 Å². The summed E-state index contributed by atoms with van der Waals surface area (Å²) in [5.41, 5.74) is 0.478. The maximum Gasteiger partial charge on any atom is 0.321 e. The van der Waals surface area contributed by atoms with E-state index < -0.39 is 24.0 Å². The van der Waals surface area contributed by atoms with Crippen molar-refractivity contribution in [2.45, 2.75) is 70.9 Å². The Labute approximate surface area is 176 Å². The van der Waals surface area contributed by atoms with Crippen LogP contribution in [0.25, 0.3) is 0 Å². The van der Waals surface area contributed by atoms with Gasteiger partial charge < -0.3 is 14.8 Å². The number of benzene rings is 1. The van der Waals surface area contributed by atoms with Crippen LogP contribution < -0.4 is 15.4 Å². The summed E-state index contributed by atoms with van der Waals surface area (Å²) in [6, 6.07) is 6.31. The Hall–Kier alpha value is -2.90. The first-order valence-corrected chi connectivity index (χ1v) is 10.5. The molecule has 8 heteroatoms. The predicted octanol–water partition coefficient (Wildman–Crippen LogP) is 3.14. The van der Waals surface area contributed by atoms with Crippen molar-refractivity contribution < 1.29 is 28.7 Å². The number of esters is 1. The van der Waals surface area contributed by atoms with E-state index in [1.54, 1.807) is 24.3 Å². The molecule has 1 atom stereocenters. The molecule has 0 aromatic heterocycles. The number of rotatable bonds is 12. The van der Waals surface area contributed by atoms with Crippen LogP contribution in [0.2, 0.25) is 0 Å². The number of nitrogens with one attached hydrogen (secondary N) is 2. The summed E-state index contributed by atoms with van der Waals surface area (Å²) in [4.78, 5) is 47.6. The summed E-state index contributed by atoms with van der Waals surface area (Å²) in [7, 11) is 0. The maximum atomic E-state index is 12.3. The molecular weight excluding hydrogens is 388 g/mol. The van der Waals surface area contributed by atoms with Crippen LogP contribution >= 0.6 is 0 Å². The Bertz CT molecular complexity index is 742. The Morgan fingerprint density at radius 1 is 1.07 bits per heavy atom. The fourth-order valence-corrected chi connectivity index (χ4v) is 2.61. The van der Waals surface area contributed by atoms with Gasteiger partial charge in [0.2, 0.25) is 0 Å². The van der Waals surface area contributed by atoms with Gasteiger partial charge in [-0.3, -0.25) is 19.7 Å². The Morgan fingerprint density at radius 3 is 2.40 bits per heavy atom. The summed E-state index contributed by atoms with van der Waals surface area (Å²) >= 11 is 0. The number of urea groups is 1. The second-order valence-corrected chi connectivity index (χ2v) is 7.37. The van der Waals surface area contributed by atoms with E-state index in [2.05, 4.69) is 17.6 Å². The molecule has 8 nitrogen and oxygen atoms in total. The van der Waals surface area contributed by atoms with E-state index in [1.807, 2.05) is 0 Å². The Balaban J connectivity index is 1.68. The van der Waals surface area contributed by atoms with Crippen LogP contribution in [0.4, 0.5) is 4.79 Å². The first-order chi connectivity index (χ1) is 14.4. The lowest BCUT2D eigenvalue weighted by Crippen LogP contribution is -2.45. The number of Topliss-reactive ketones (excluding diaryl/α,β-unsaturated/α-hetero) is 1. The molecule has 1 aliphatic rings. The summed E-state index contributed by atoms with van der Waals surface area (Å²) in [5.74, 6) is -0.884. The highest BCUT2D eigenvalue weighted by atomic mass is 16.5. The number of amides is 3. The molecule has 0 radical (unpaired) electrons. The quantitative estimate of drug-likeness (QED) is 0.306. The molecule has 0 heterocycles. The molecule has 1 aromatic rings. The van der Waals surface area contributed by atoms with Crippen molar-refractivity contribution in [2.24, 2.45) is 0 Å². The standard InChI is InChI=1S/C22H30N2O6/c1-3-4-5-14-29-18-10-6-16(7-11-18)19(25)12-13-20(26)30-15(2)21(27)24-22(28)23-17-8-9-17/h6-7,10-11,15,17H,3-5,8-9,12-14H2,1-2H3,(H2,23,24,27,28). The van der Waals surface area contributed by atoms with Crippen LogP contribution in [0.1, 0.15) is 69.2 Å². The molecule has 1 unspecified atom stereocenters. The fraction of sp³-hybridized carbons (Fsp3) is 0.545. The van der Waals surface area contributed by atoms with Crippen LogP contribution in [-0.2, 0) is 14.3 Å². The number of ketones is 1. The van der Waals surface area contributed by atoms with Crippen molar-refractivity contribution >= 4 is 23.7 Å². The van der Waals surface area contributed by atoms with Gasteiger partial charge in [-0.25, -0.2) is 4.79 Å². The number of imide groups is 1. The van der Waals surface area contributed by atoms with Crippen molar-refractivity contribution in [3.63, 3.8) is 0 Å². The van der Waals surface area contributed by atoms with Crippen molar-refractivity contribution in [1.82, 2.24) is 10.6 Å².